The van der Waals surface area contributed by atoms with Crippen LogP contribution in [0, 0.1) is 0 Å². The molecular formula is C59H98O6. The van der Waals surface area contributed by atoms with Crippen LogP contribution in [-0.2, 0) is 28.6 Å². The van der Waals surface area contributed by atoms with Crippen LogP contribution in [0.2, 0.25) is 0 Å². The lowest BCUT2D eigenvalue weighted by atomic mass is 10.1. The molecule has 0 rings (SSSR count). The van der Waals surface area contributed by atoms with Gasteiger partial charge in [0.15, 0.2) is 6.10 Å². The van der Waals surface area contributed by atoms with Crippen molar-refractivity contribution in [1.29, 1.82) is 0 Å². The van der Waals surface area contributed by atoms with Gasteiger partial charge in [-0.3, -0.25) is 14.4 Å². The van der Waals surface area contributed by atoms with E-state index in [1.165, 1.54) is 77.0 Å². The molecule has 0 fully saturated rings. The summed E-state index contributed by atoms with van der Waals surface area (Å²) in [5.41, 5.74) is 0. The van der Waals surface area contributed by atoms with Gasteiger partial charge in [0.2, 0.25) is 0 Å². The fourth-order valence-electron chi connectivity index (χ4n) is 7.03. The molecule has 0 saturated heterocycles. The van der Waals surface area contributed by atoms with Gasteiger partial charge in [0, 0.05) is 19.3 Å². The van der Waals surface area contributed by atoms with Crippen LogP contribution in [-0.4, -0.2) is 37.2 Å². The Kier molecular flexibility index (Phi) is 50.0. The summed E-state index contributed by atoms with van der Waals surface area (Å²) in [5, 5.41) is 0. The summed E-state index contributed by atoms with van der Waals surface area (Å²) in [5.74, 6) is -0.992. The van der Waals surface area contributed by atoms with Crippen LogP contribution in [0.5, 0.6) is 0 Å². The smallest absolute Gasteiger partial charge is 0.306 e. The number of carbonyl (C=O) groups is 3. The van der Waals surface area contributed by atoms with Gasteiger partial charge in [-0.05, 0) is 116 Å². The van der Waals surface area contributed by atoms with Crippen molar-refractivity contribution in [2.24, 2.45) is 0 Å². The largest absolute Gasteiger partial charge is 0.462 e. The zero-order chi connectivity index (χ0) is 47.2. The summed E-state index contributed by atoms with van der Waals surface area (Å²) in [6, 6.07) is 0. The fourth-order valence-corrected chi connectivity index (χ4v) is 7.03. The van der Waals surface area contributed by atoms with E-state index in [2.05, 4.69) is 118 Å². The van der Waals surface area contributed by atoms with E-state index in [1.807, 2.05) is 0 Å². The monoisotopic (exact) mass is 903 g/mol. The van der Waals surface area contributed by atoms with E-state index in [4.69, 9.17) is 14.2 Å². The van der Waals surface area contributed by atoms with Crippen molar-refractivity contribution >= 4 is 17.9 Å². The molecule has 0 aromatic carbocycles. The number of esters is 3. The van der Waals surface area contributed by atoms with Crippen LogP contribution in [0.4, 0.5) is 0 Å². The van der Waals surface area contributed by atoms with E-state index in [0.29, 0.717) is 19.3 Å². The molecule has 0 unspecified atom stereocenters. The molecule has 0 aliphatic rings. The quantitative estimate of drug-likeness (QED) is 0.0262. The molecule has 0 heterocycles. The minimum absolute atomic E-state index is 0.107. The molecule has 0 radical (unpaired) electrons. The Balaban J connectivity index is 4.52. The van der Waals surface area contributed by atoms with Crippen molar-refractivity contribution in [3.8, 4) is 0 Å². The SMILES string of the molecule is CC/C=C\C/C=C\C/C=C\CCCCCCCC(=O)O[C@@H](COC(=O)CCC/C=C\C/C=C\C/C=C\C/C=C\CCCCC)COC(=O)CCCCCCC/C=C\CCCCCCCC. The predicted octanol–water partition coefficient (Wildman–Crippen LogP) is 17.8. The standard InChI is InChI=1S/C59H98O6/c1-4-7-10-13-16-19-22-25-28-29-32-34-37-40-43-46-49-52-58(61)64-55-56(65-59(62)53-50-47-44-41-38-35-31-27-24-21-18-15-12-9-6-3)54-63-57(60)51-48-45-42-39-36-33-30-26-23-20-17-14-11-8-5-2/h9,12,16,18-19,21,25-28,30-32,34,40,43,56H,4-8,10-11,13-15,17,20,22-24,29,33,35-39,41-42,44-55H2,1-3H3/b12-9-,19-16-,21-18-,28-25-,30-26-,31-27-,34-32-,43-40-/t56-/m1/s1. The number of allylic oxidation sites excluding steroid dienone is 16. The van der Waals surface area contributed by atoms with Crippen LogP contribution in [0.15, 0.2) is 97.2 Å². The Hall–Kier alpha value is -3.67. The second-order valence-corrected chi connectivity index (χ2v) is 17.4. The third kappa shape index (κ3) is 51.2. The van der Waals surface area contributed by atoms with E-state index < -0.39 is 6.10 Å². The summed E-state index contributed by atoms with van der Waals surface area (Å²) in [6.45, 7) is 6.42. The summed E-state index contributed by atoms with van der Waals surface area (Å²) >= 11 is 0. The molecule has 0 N–H and O–H groups in total. The summed E-state index contributed by atoms with van der Waals surface area (Å²) in [4.78, 5) is 38.0. The van der Waals surface area contributed by atoms with Gasteiger partial charge in [-0.2, -0.15) is 0 Å². The Morgan fingerprint density at radius 1 is 0.323 bits per heavy atom. The van der Waals surface area contributed by atoms with Gasteiger partial charge in [-0.25, -0.2) is 0 Å². The molecule has 6 heteroatoms. The highest BCUT2D eigenvalue weighted by Gasteiger charge is 2.19. The van der Waals surface area contributed by atoms with Gasteiger partial charge in [-0.15, -0.1) is 0 Å². The number of rotatable bonds is 47. The number of hydrogen-bond donors (Lipinski definition) is 0. The highest BCUT2D eigenvalue weighted by molar-refractivity contribution is 5.71. The minimum Gasteiger partial charge on any atom is -0.462 e. The summed E-state index contributed by atoms with van der Waals surface area (Å²) in [7, 11) is 0. The molecule has 0 aliphatic heterocycles. The zero-order valence-corrected chi connectivity index (χ0v) is 42.2. The maximum absolute atomic E-state index is 12.8. The van der Waals surface area contributed by atoms with Gasteiger partial charge in [0.1, 0.15) is 13.2 Å². The van der Waals surface area contributed by atoms with Gasteiger partial charge in [-0.1, -0.05) is 201 Å². The van der Waals surface area contributed by atoms with E-state index in [9.17, 15) is 14.4 Å². The van der Waals surface area contributed by atoms with E-state index in [1.54, 1.807) is 0 Å². The first-order valence-electron chi connectivity index (χ1n) is 26.7. The van der Waals surface area contributed by atoms with Crippen LogP contribution < -0.4 is 0 Å². The molecule has 0 aliphatic carbocycles. The average Bonchev–Trinajstić information content (AvgIpc) is 3.30. The van der Waals surface area contributed by atoms with Crippen molar-refractivity contribution in [2.45, 2.75) is 245 Å². The third-order valence-corrected chi connectivity index (χ3v) is 11.0. The third-order valence-electron chi connectivity index (χ3n) is 11.0. The normalized spacial score (nSPS) is 12.8. The Morgan fingerprint density at radius 2 is 0.615 bits per heavy atom. The lowest BCUT2D eigenvalue weighted by molar-refractivity contribution is -0.167. The van der Waals surface area contributed by atoms with Crippen LogP contribution >= 0.6 is 0 Å². The van der Waals surface area contributed by atoms with Crippen molar-refractivity contribution in [1.82, 2.24) is 0 Å². The average molecular weight is 903 g/mol. The lowest BCUT2D eigenvalue weighted by Gasteiger charge is -2.18. The Morgan fingerprint density at radius 3 is 1.05 bits per heavy atom. The minimum atomic E-state index is -0.813. The highest BCUT2D eigenvalue weighted by Crippen LogP contribution is 2.13. The molecule has 0 aromatic rings. The number of ether oxygens (including phenoxy) is 3. The van der Waals surface area contributed by atoms with Crippen molar-refractivity contribution in [2.75, 3.05) is 13.2 Å². The molecular weight excluding hydrogens is 805 g/mol. The van der Waals surface area contributed by atoms with Gasteiger partial charge >= 0.3 is 17.9 Å². The first kappa shape index (κ1) is 61.3. The highest BCUT2D eigenvalue weighted by atomic mass is 16.6. The van der Waals surface area contributed by atoms with Gasteiger partial charge in [0.05, 0.1) is 0 Å². The maximum Gasteiger partial charge on any atom is 0.306 e. The zero-order valence-electron chi connectivity index (χ0n) is 42.2. The van der Waals surface area contributed by atoms with Crippen LogP contribution in [0.1, 0.15) is 239 Å². The molecule has 0 saturated carbocycles. The summed E-state index contributed by atoms with van der Waals surface area (Å²) in [6.07, 6.45) is 69.6. The molecule has 0 spiro atoms. The van der Waals surface area contributed by atoms with Crippen molar-refractivity contribution < 1.29 is 28.6 Å². The van der Waals surface area contributed by atoms with E-state index >= 15 is 0 Å². The van der Waals surface area contributed by atoms with Crippen LogP contribution in [0.3, 0.4) is 0 Å². The number of carbonyl (C=O) groups excluding carboxylic acids is 3. The van der Waals surface area contributed by atoms with E-state index in [-0.39, 0.29) is 37.5 Å². The van der Waals surface area contributed by atoms with Crippen molar-refractivity contribution in [3.05, 3.63) is 97.2 Å². The lowest BCUT2D eigenvalue weighted by Crippen LogP contribution is -2.30. The second kappa shape index (κ2) is 52.9. The fraction of sp³-hybridized carbons (Fsp3) is 0.678. The number of unbranched alkanes of at least 4 members (excludes halogenated alkanes) is 20. The molecule has 0 amide bonds. The topological polar surface area (TPSA) is 78.9 Å². The molecule has 0 bridgehead atoms. The summed E-state index contributed by atoms with van der Waals surface area (Å²) < 4.78 is 16.8. The molecule has 370 valence electrons. The Bertz CT molecular complexity index is 1310. The first-order valence-corrected chi connectivity index (χ1v) is 26.7. The first-order chi connectivity index (χ1) is 32.0. The van der Waals surface area contributed by atoms with Gasteiger partial charge in [0.25, 0.3) is 0 Å². The maximum atomic E-state index is 12.8. The van der Waals surface area contributed by atoms with E-state index in [0.717, 1.165) is 116 Å². The molecule has 1 atom stereocenters. The second-order valence-electron chi connectivity index (χ2n) is 17.4. The van der Waals surface area contributed by atoms with Crippen LogP contribution in [0.25, 0.3) is 0 Å². The molecule has 65 heavy (non-hydrogen) atoms. The molecule has 6 nitrogen and oxygen atoms in total. The van der Waals surface area contributed by atoms with Crippen molar-refractivity contribution in [3.63, 3.8) is 0 Å². The predicted molar refractivity (Wildman–Crippen MR) is 279 cm³/mol. The Labute approximate surface area is 400 Å². The number of hydrogen-bond acceptors (Lipinski definition) is 6. The van der Waals surface area contributed by atoms with Gasteiger partial charge < -0.3 is 14.2 Å². The molecule has 0 aromatic heterocycles.